The average Bonchev–Trinajstić information content (AvgIpc) is 3.15. The summed E-state index contributed by atoms with van der Waals surface area (Å²) in [5.41, 5.74) is 1.85. The molecule has 1 unspecified atom stereocenters. The van der Waals surface area contributed by atoms with E-state index in [-0.39, 0.29) is 17.9 Å². The summed E-state index contributed by atoms with van der Waals surface area (Å²) in [6.45, 7) is 1.76. The molecular formula is C27H30ClFN2O3. The van der Waals surface area contributed by atoms with E-state index < -0.39 is 6.09 Å². The molecule has 1 aromatic heterocycles. The zero-order valence-electron chi connectivity index (χ0n) is 19.7. The van der Waals surface area contributed by atoms with Gasteiger partial charge in [-0.15, -0.1) is 0 Å². The van der Waals surface area contributed by atoms with E-state index in [2.05, 4.69) is 10.2 Å². The molecule has 1 aliphatic carbocycles. The number of aryl methyl sites for hydroxylation is 1. The Morgan fingerprint density at radius 2 is 1.82 bits per heavy atom. The highest BCUT2D eigenvalue weighted by Crippen LogP contribution is 2.38. The molecule has 0 saturated heterocycles. The van der Waals surface area contributed by atoms with E-state index in [1.54, 1.807) is 37.3 Å². The van der Waals surface area contributed by atoms with Gasteiger partial charge in [0.15, 0.2) is 5.75 Å². The number of carbonyl (C=O) groups excluding carboxylic acids is 1. The van der Waals surface area contributed by atoms with Crippen LogP contribution in [0.1, 0.15) is 43.0 Å². The Labute approximate surface area is 204 Å². The van der Waals surface area contributed by atoms with Crippen LogP contribution in [0.2, 0.25) is 5.02 Å². The van der Waals surface area contributed by atoms with Crippen LogP contribution in [0.5, 0.6) is 5.75 Å². The van der Waals surface area contributed by atoms with Gasteiger partial charge in [0, 0.05) is 28.7 Å². The molecule has 0 aliphatic heterocycles. The number of amides is 1. The van der Waals surface area contributed by atoms with Crippen molar-refractivity contribution in [3.8, 4) is 17.1 Å². The van der Waals surface area contributed by atoms with Crippen LogP contribution in [0.4, 0.5) is 9.18 Å². The highest BCUT2D eigenvalue weighted by Gasteiger charge is 2.31. The number of nitrogens with one attached hydrogen (secondary N) is 1. The average molecular weight is 485 g/mol. The van der Waals surface area contributed by atoms with Gasteiger partial charge in [-0.3, -0.25) is 0 Å². The van der Waals surface area contributed by atoms with Gasteiger partial charge in [0.2, 0.25) is 0 Å². The molecule has 180 valence electrons. The van der Waals surface area contributed by atoms with Crippen molar-refractivity contribution >= 4 is 17.7 Å². The summed E-state index contributed by atoms with van der Waals surface area (Å²) in [5, 5.41) is 3.64. The van der Waals surface area contributed by atoms with Crippen LogP contribution in [0.25, 0.3) is 11.3 Å². The number of ether oxygens (including phenoxy) is 1. The maximum absolute atomic E-state index is 13.8. The van der Waals surface area contributed by atoms with Gasteiger partial charge in [0.25, 0.3) is 0 Å². The van der Waals surface area contributed by atoms with Gasteiger partial charge in [-0.25, -0.2) is 9.18 Å². The van der Waals surface area contributed by atoms with Gasteiger partial charge in [0.05, 0.1) is 0 Å². The van der Waals surface area contributed by atoms with Gasteiger partial charge in [-0.2, -0.15) is 0 Å². The van der Waals surface area contributed by atoms with Crippen LogP contribution in [-0.4, -0.2) is 31.1 Å². The normalized spacial score (nSPS) is 19.1. The molecular weight excluding hydrogens is 455 g/mol. The van der Waals surface area contributed by atoms with E-state index in [9.17, 15) is 9.18 Å². The Hall–Kier alpha value is -2.83. The third kappa shape index (κ3) is 5.80. The number of hydrogen-bond donors (Lipinski definition) is 1. The third-order valence-corrected chi connectivity index (χ3v) is 6.74. The Balaban J connectivity index is 1.33. The zero-order chi connectivity index (χ0) is 24.2. The van der Waals surface area contributed by atoms with Crippen LogP contribution >= 0.6 is 11.6 Å². The van der Waals surface area contributed by atoms with Crippen molar-refractivity contribution in [2.45, 2.75) is 44.7 Å². The zero-order valence-corrected chi connectivity index (χ0v) is 20.4. The Bertz CT molecular complexity index is 1120. The summed E-state index contributed by atoms with van der Waals surface area (Å²) >= 11 is 5.95. The predicted octanol–water partition coefficient (Wildman–Crippen LogP) is 7.00. The maximum Gasteiger partial charge on any atom is 0.412 e. The number of halogens is 2. The minimum absolute atomic E-state index is 0.0435. The van der Waals surface area contributed by atoms with E-state index in [0.29, 0.717) is 28.2 Å². The second-order valence-electron chi connectivity index (χ2n) is 9.15. The van der Waals surface area contributed by atoms with Crippen molar-refractivity contribution in [3.05, 3.63) is 76.8 Å². The van der Waals surface area contributed by atoms with Crippen molar-refractivity contribution in [2.24, 2.45) is 5.92 Å². The SMILES string of the molecule is Cc1oc(-c2ccc(Cl)cc2)cc1OC(=O)NC1CCC(C(c2cccc(F)c2)N(C)C)CC1. The largest absolute Gasteiger partial charge is 0.457 e. The van der Waals surface area contributed by atoms with Crippen molar-refractivity contribution in [2.75, 3.05) is 14.1 Å². The number of benzene rings is 2. The van der Waals surface area contributed by atoms with Crippen molar-refractivity contribution < 1.29 is 18.3 Å². The summed E-state index contributed by atoms with van der Waals surface area (Å²) in [7, 11) is 4.06. The second-order valence-corrected chi connectivity index (χ2v) is 9.58. The van der Waals surface area contributed by atoms with Crippen LogP contribution < -0.4 is 10.1 Å². The Morgan fingerprint density at radius 3 is 2.47 bits per heavy atom. The fourth-order valence-electron chi connectivity index (χ4n) is 4.88. The first-order valence-corrected chi connectivity index (χ1v) is 11.9. The lowest BCUT2D eigenvalue weighted by molar-refractivity contribution is 0.150. The second kappa shape index (κ2) is 10.6. The molecule has 1 heterocycles. The molecule has 1 saturated carbocycles. The standard InChI is InChI=1S/C27H30ClFN2O3/c1-17-24(16-25(33-17)18-7-11-21(28)12-8-18)34-27(32)30-23-13-9-19(10-14-23)26(31(2)3)20-5-4-6-22(29)15-20/h4-8,11-12,15-16,19,23,26H,9-10,13-14H2,1-3H3,(H,30,32). The smallest absolute Gasteiger partial charge is 0.412 e. The summed E-state index contributed by atoms with van der Waals surface area (Å²) in [4.78, 5) is 14.7. The lowest BCUT2D eigenvalue weighted by Gasteiger charge is -2.37. The van der Waals surface area contributed by atoms with Crippen LogP contribution in [0.15, 0.2) is 59.0 Å². The summed E-state index contributed by atoms with van der Waals surface area (Å²) in [6, 6.07) is 16.0. The number of rotatable bonds is 6. The van der Waals surface area contributed by atoms with Gasteiger partial charge in [0.1, 0.15) is 17.3 Å². The molecule has 1 fully saturated rings. The molecule has 1 amide bonds. The van der Waals surface area contributed by atoms with E-state index >= 15 is 0 Å². The lowest BCUT2D eigenvalue weighted by Crippen LogP contribution is -2.41. The highest BCUT2D eigenvalue weighted by atomic mass is 35.5. The Kier molecular flexibility index (Phi) is 7.59. The number of carbonyl (C=O) groups is 1. The van der Waals surface area contributed by atoms with E-state index in [1.165, 1.54) is 6.07 Å². The number of furan rings is 1. The van der Waals surface area contributed by atoms with Crippen LogP contribution in [-0.2, 0) is 0 Å². The molecule has 1 N–H and O–H groups in total. The van der Waals surface area contributed by atoms with Crippen molar-refractivity contribution in [1.82, 2.24) is 10.2 Å². The number of hydrogen-bond acceptors (Lipinski definition) is 4. The lowest BCUT2D eigenvalue weighted by atomic mass is 9.78. The highest BCUT2D eigenvalue weighted by molar-refractivity contribution is 6.30. The van der Waals surface area contributed by atoms with E-state index in [4.69, 9.17) is 20.8 Å². The van der Waals surface area contributed by atoms with Gasteiger partial charge in [-0.05, 0) is 94.6 Å². The molecule has 0 radical (unpaired) electrons. The van der Waals surface area contributed by atoms with Crippen molar-refractivity contribution in [1.29, 1.82) is 0 Å². The van der Waals surface area contributed by atoms with Gasteiger partial charge >= 0.3 is 6.09 Å². The molecule has 7 heteroatoms. The first-order chi connectivity index (χ1) is 16.3. The van der Waals surface area contributed by atoms with Crippen LogP contribution in [0.3, 0.4) is 0 Å². The quantitative estimate of drug-likeness (QED) is 0.409. The summed E-state index contributed by atoms with van der Waals surface area (Å²) < 4.78 is 25.1. The van der Waals surface area contributed by atoms with E-state index in [0.717, 1.165) is 36.8 Å². The Morgan fingerprint density at radius 1 is 1.12 bits per heavy atom. The fourth-order valence-corrected chi connectivity index (χ4v) is 5.01. The minimum Gasteiger partial charge on any atom is -0.457 e. The van der Waals surface area contributed by atoms with Crippen LogP contribution in [0, 0.1) is 18.7 Å². The molecule has 1 atom stereocenters. The molecule has 1 aliphatic rings. The molecule has 5 nitrogen and oxygen atoms in total. The molecule has 0 spiro atoms. The summed E-state index contributed by atoms with van der Waals surface area (Å²) in [5.74, 6) is 1.73. The maximum atomic E-state index is 13.8. The molecule has 2 aromatic carbocycles. The molecule has 34 heavy (non-hydrogen) atoms. The first-order valence-electron chi connectivity index (χ1n) is 11.6. The molecule has 0 bridgehead atoms. The van der Waals surface area contributed by atoms with Gasteiger partial charge < -0.3 is 19.4 Å². The third-order valence-electron chi connectivity index (χ3n) is 6.49. The minimum atomic E-state index is -0.482. The molecule has 3 aromatic rings. The fraction of sp³-hybridized carbons (Fsp3) is 0.370. The van der Waals surface area contributed by atoms with Gasteiger partial charge in [-0.1, -0.05) is 23.7 Å². The van der Waals surface area contributed by atoms with E-state index in [1.807, 2.05) is 32.3 Å². The topological polar surface area (TPSA) is 54.7 Å². The molecule has 4 rings (SSSR count). The van der Waals surface area contributed by atoms with Crippen molar-refractivity contribution in [3.63, 3.8) is 0 Å². The number of nitrogens with zero attached hydrogens (tertiary/aromatic N) is 1. The monoisotopic (exact) mass is 484 g/mol. The summed E-state index contributed by atoms with van der Waals surface area (Å²) in [6.07, 6.45) is 3.09. The first kappa shape index (κ1) is 24.3. The predicted molar refractivity (Wildman–Crippen MR) is 132 cm³/mol.